The number of carbonyl (C=O) groups excluding carboxylic acids is 2. The van der Waals surface area contributed by atoms with E-state index < -0.39 is 11.5 Å². The summed E-state index contributed by atoms with van der Waals surface area (Å²) in [5.74, 6) is -0.945. The fourth-order valence-corrected chi connectivity index (χ4v) is 2.50. The molecule has 1 saturated carbocycles. The summed E-state index contributed by atoms with van der Waals surface area (Å²) in [6.07, 6.45) is 9.85. The first kappa shape index (κ1) is 17.9. The molecule has 26 heavy (non-hydrogen) atoms. The third-order valence-corrected chi connectivity index (χ3v) is 4.33. The Hall–Kier alpha value is -2.93. The van der Waals surface area contributed by atoms with E-state index in [1.165, 1.54) is 6.08 Å². The number of hydrogen-bond acceptors (Lipinski definition) is 6. The van der Waals surface area contributed by atoms with E-state index in [1.807, 2.05) is 35.0 Å². The molecule has 1 N–H and O–H groups in total. The molecule has 3 rings (SSSR count). The Balaban J connectivity index is 1.42. The van der Waals surface area contributed by atoms with Gasteiger partial charge in [-0.15, -0.1) is 0 Å². The summed E-state index contributed by atoms with van der Waals surface area (Å²) in [7, 11) is 1.71. The van der Waals surface area contributed by atoms with Gasteiger partial charge in [-0.25, -0.2) is 14.6 Å². The number of ether oxygens (including phenoxy) is 2. The van der Waals surface area contributed by atoms with Gasteiger partial charge >= 0.3 is 11.9 Å². The van der Waals surface area contributed by atoms with Crippen molar-refractivity contribution < 1.29 is 19.1 Å². The van der Waals surface area contributed by atoms with Crippen molar-refractivity contribution in [2.75, 3.05) is 13.8 Å². The van der Waals surface area contributed by atoms with Crippen LogP contribution in [0.5, 0.6) is 0 Å². The van der Waals surface area contributed by atoms with Crippen LogP contribution in [0.3, 0.4) is 0 Å². The number of nitrogens with zero attached hydrogens (tertiary/aromatic N) is 2. The van der Waals surface area contributed by atoms with Crippen LogP contribution in [0.25, 0.3) is 6.08 Å². The topological polar surface area (TPSA) is 82.5 Å². The van der Waals surface area contributed by atoms with Gasteiger partial charge in [-0.1, -0.05) is 24.3 Å². The number of esters is 2. The highest BCUT2D eigenvalue weighted by atomic mass is 16.7. The van der Waals surface area contributed by atoms with Crippen LogP contribution in [0, 0.1) is 0 Å². The van der Waals surface area contributed by atoms with Crippen molar-refractivity contribution in [3.63, 3.8) is 0 Å². The van der Waals surface area contributed by atoms with E-state index in [0.717, 1.165) is 30.5 Å². The highest BCUT2D eigenvalue weighted by molar-refractivity contribution is 5.87. The molecule has 0 aliphatic heterocycles. The summed E-state index contributed by atoms with van der Waals surface area (Å²) in [6.45, 7) is 0.362. The van der Waals surface area contributed by atoms with E-state index >= 15 is 0 Å². The maximum Gasteiger partial charge on any atom is 0.333 e. The number of carbonyl (C=O) groups is 2. The fourth-order valence-electron chi connectivity index (χ4n) is 2.50. The highest BCUT2D eigenvalue weighted by Crippen LogP contribution is 2.35. The average molecular weight is 355 g/mol. The third kappa shape index (κ3) is 4.58. The van der Waals surface area contributed by atoms with E-state index in [4.69, 9.17) is 9.47 Å². The van der Waals surface area contributed by atoms with Crippen LogP contribution in [0.15, 0.2) is 49.1 Å². The molecule has 0 spiro atoms. The molecule has 1 fully saturated rings. The quantitative estimate of drug-likeness (QED) is 0.441. The van der Waals surface area contributed by atoms with E-state index in [-0.39, 0.29) is 12.8 Å². The fraction of sp³-hybridized carbons (Fsp3) is 0.316. The Bertz CT molecular complexity index is 778. The molecule has 7 heteroatoms. The Kier molecular flexibility index (Phi) is 5.48. The Morgan fingerprint density at radius 1 is 1.27 bits per heavy atom. The number of nitrogens with one attached hydrogen (secondary N) is 1. The lowest BCUT2D eigenvalue weighted by molar-refractivity contribution is -0.166. The van der Waals surface area contributed by atoms with Gasteiger partial charge in [0, 0.05) is 25.0 Å². The molecule has 1 aliphatic carbocycles. The molecular formula is C19H21N3O4. The second kappa shape index (κ2) is 7.97. The summed E-state index contributed by atoms with van der Waals surface area (Å²) < 4.78 is 11.8. The van der Waals surface area contributed by atoms with Gasteiger partial charge in [-0.05, 0) is 37.1 Å². The SMILES string of the molecule is CNC1(C(=O)OCOC(=O)/C=C/c2ccc(Cn3ccnc3)cc2)CC1. The monoisotopic (exact) mass is 355 g/mol. The first-order valence-corrected chi connectivity index (χ1v) is 8.37. The summed E-state index contributed by atoms with van der Waals surface area (Å²) in [5, 5.41) is 2.92. The number of imidazole rings is 1. The van der Waals surface area contributed by atoms with E-state index in [2.05, 4.69) is 10.3 Å². The molecule has 0 saturated heterocycles. The maximum atomic E-state index is 11.8. The molecular weight excluding hydrogens is 334 g/mol. The molecule has 0 bridgehead atoms. The molecule has 1 heterocycles. The van der Waals surface area contributed by atoms with Crippen LogP contribution in [0.4, 0.5) is 0 Å². The molecule has 0 amide bonds. The lowest BCUT2D eigenvalue weighted by Gasteiger charge is -2.12. The van der Waals surface area contributed by atoms with Crippen molar-refractivity contribution in [2.24, 2.45) is 0 Å². The first-order chi connectivity index (χ1) is 12.6. The number of likely N-dealkylation sites (N-methyl/N-ethyl adjacent to an activating group) is 1. The van der Waals surface area contributed by atoms with Crippen LogP contribution in [-0.2, 0) is 25.6 Å². The van der Waals surface area contributed by atoms with Gasteiger partial charge in [-0.3, -0.25) is 0 Å². The molecule has 2 aromatic rings. The summed E-state index contributed by atoms with van der Waals surface area (Å²) in [6, 6.07) is 7.80. The van der Waals surface area contributed by atoms with Crippen LogP contribution in [0.1, 0.15) is 24.0 Å². The molecule has 0 unspecified atom stereocenters. The van der Waals surface area contributed by atoms with Crippen LogP contribution in [-0.4, -0.2) is 40.9 Å². The van der Waals surface area contributed by atoms with Crippen LogP contribution < -0.4 is 5.32 Å². The van der Waals surface area contributed by atoms with Gasteiger partial charge in [-0.2, -0.15) is 0 Å². The standard InChI is InChI=1S/C19H21N3O4/c1-20-19(8-9-19)18(24)26-14-25-17(23)7-6-15-2-4-16(5-3-15)12-22-11-10-21-13-22/h2-7,10-11,13,20H,8-9,12,14H2,1H3/b7-6+. The predicted octanol–water partition coefficient (Wildman–Crippen LogP) is 1.74. The van der Waals surface area contributed by atoms with E-state index in [1.54, 1.807) is 25.6 Å². The molecule has 0 atom stereocenters. The summed E-state index contributed by atoms with van der Waals surface area (Å²) in [5.41, 5.74) is 1.43. The highest BCUT2D eigenvalue weighted by Gasteiger charge is 2.50. The zero-order valence-electron chi connectivity index (χ0n) is 14.6. The Morgan fingerprint density at radius 2 is 2.04 bits per heavy atom. The van der Waals surface area contributed by atoms with Gasteiger partial charge in [0.25, 0.3) is 0 Å². The number of rotatable bonds is 8. The number of aromatic nitrogens is 2. The largest absolute Gasteiger partial charge is 0.426 e. The normalized spacial score (nSPS) is 15.0. The van der Waals surface area contributed by atoms with Gasteiger partial charge < -0.3 is 19.4 Å². The third-order valence-electron chi connectivity index (χ3n) is 4.33. The minimum Gasteiger partial charge on any atom is -0.426 e. The van der Waals surface area contributed by atoms with E-state index in [9.17, 15) is 9.59 Å². The Morgan fingerprint density at radius 3 is 2.65 bits per heavy atom. The van der Waals surface area contributed by atoms with Crippen molar-refractivity contribution in [1.82, 2.24) is 14.9 Å². The first-order valence-electron chi connectivity index (χ1n) is 8.37. The predicted molar refractivity (Wildman–Crippen MR) is 94.9 cm³/mol. The second-order valence-electron chi connectivity index (χ2n) is 6.16. The van der Waals surface area contributed by atoms with Crippen molar-refractivity contribution in [3.8, 4) is 0 Å². The smallest absolute Gasteiger partial charge is 0.333 e. The van der Waals surface area contributed by atoms with Crippen LogP contribution in [0.2, 0.25) is 0 Å². The summed E-state index contributed by atoms with van der Waals surface area (Å²) in [4.78, 5) is 27.5. The van der Waals surface area contributed by atoms with Gasteiger partial charge in [0.2, 0.25) is 6.79 Å². The molecule has 136 valence electrons. The minimum atomic E-state index is -0.583. The van der Waals surface area contributed by atoms with Crippen molar-refractivity contribution >= 4 is 18.0 Å². The van der Waals surface area contributed by atoms with Crippen molar-refractivity contribution in [3.05, 3.63) is 60.2 Å². The van der Waals surface area contributed by atoms with Crippen LogP contribution >= 0.6 is 0 Å². The van der Waals surface area contributed by atoms with Gasteiger partial charge in [0.05, 0.1) is 6.33 Å². The molecule has 1 aromatic heterocycles. The lowest BCUT2D eigenvalue weighted by atomic mass is 10.1. The second-order valence-corrected chi connectivity index (χ2v) is 6.16. The number of benzene rings is 1. The molecule has 0 radical (unpaired) electrons. The number of hydrogen-bond donors (Lipinski definition) is 1. The zero-order valence-corrected chi connectivity index (χ0v) is 14.6. The van der Waals surface area contributed by atoms with Gasteiger partial charge in [0.15, 0.2) is 0 Å². The van der Waals surface area contributed by atoms with Crippen molar-refractivity contribution in [2.45, 2.75) is 24.9 Å². The minimum absolute atomic E-state index is 0.380. The molecule has 1 aliphatic rings. The van der Waals surface area contributed by atoms with Crippen molar-refractivity contribution in [1.29, 1.82) is 0 Å². The average Bonchev–Trinajstić information content (AvgIpc) is 3.30. The maximum absolute atomic E-state index is 11.8. The molecule has 1 aromatic carbocycles. The Labute approximate surface area is 151 Å². The summed E-state index contributed by atoms with van der Waals surface area (Å²) >= 11 is 0. The van der Waals surface area contributed by atoms with E-state index in [0.29, 0.717) is 0 Å². The van der Waals surface area contributed by atoms with Gasteiger partial charge in [0.1, 0.15) is 5.54 Å². The zero-order chi connectivity index (χ0) is 18.4. The molecule has 7 nitrogen and oxygen atoms in total. The lowest BCUT2D eigenvalue weighted by Crippen LogP contribution is -2.38.